The molecule has 1 amide bonds. The number of aromatic nitrogens is 1. The Kier molecular flexibility index (Phi) is 5.54. The second kappa shape index (κ2) is 8.22. The smallest absolute Gasteiger partial charge is 0.244 e. The number of nitrogens with zero attached hydrogens (tertiary/aromatic N) is 2. The number of pyridine rings is 1. The number of hydrazine groups is 1. The Morgan fingerprint density at radius 1 is 1.22 bits per heavy atom. The van der Waals surface area contributed by atoms with Gasteiger partial charge in [-0.1, -0.05) is 23.7 Å². The number of morpholine rings is 1. The molecule has 1 aromatic carbocycles. The van der Waals surface area contributed by atoms with Crippen LogP contribution in [0.4, 0.5) is 11.5 Å². The lowest BCUT2D eigenvalue weighted by atomic mass is 10.0. The molecule has 2 fully saturated rings. The molecule has 2 aliphatic heterocycles. The Morgan fingerprint density at radius 3 is 2.81 bits per heavy atom. The number of carbonyl (C=O) groups excluding carboxylic acids is 1. The van der Waals surface area contributed by atoms with Crippen molar-refractivity contribution in [1.82, 2.24) is 15.8 Å². The number of hydrogen-bond acceptors (Lipinski definition) is 6. The van der Waals surface area contributed by atoms with E-state index in [1.54, 1.807) is 6.20 Å². The van der Waals surface area contributed by atoms with Crippen LogP contribution >= 0.6 is 11.6 Å². The maximum absolute atomic E-state index is 12.5. The normalized spacial score (nSPS) is 22.6. The molecule has 2 aromatic rings. The highest BCUT2D eigenvalue weighted by atomic mass is 35.5. The van der Waals surface area contributed by atoms with Gasteiger partial charge in [0, 0.05) is 24.2 Å². The topological polar surface area (TPSA) is 78.5 Å². The summed E-state index contributed by atoms with van der Waals surface area (Å²) in [4.78, 5) is 19.1. The fourth-order valence-electron chi connectivity index (χ4n) is 3.35. The first-order chi connectivity index (χ1) is 13.2. The van der Waals surface area contributed by atoms with Gasteiger partial charge in [0.15, 0.2) is 0 Å². The van der Waals surface area contributed by atoms with Gasteiger partial charge in [0.25, 0.3) is 0 Å². The van der Waals surface area contributed by atoms with E-state index in [1.165, 1.54) is 0 Å². The predicted molar refractivity (Wildman–Crippen MR) is 105 cm³/mol. The molecule has 142 valence electrons. The molecule has 1 aromatic heterocycles. The first-order valence-electron chi connectivity index (χ1n) is 9.05. The van der Waals surface area contributed by atoms with E-state index in [-0.39, 0.29) is 18.0 Å². The number of ether oxygens (including phenoxy) is 1. The van der Waals surface area contributed by atoms with Gasteiger partial charge >= 0.3 is 0 Å². The lowest BCUT2D eigenvalue weighted by Crippen LogP contribution is -2.39. The summed E-state index contributed by atoms with van der Waals surface area (Å²) in [6, 6.07) is 11.2. The van der Waals surface area contributed by atoms with Crippen molar-refractivity contribution in [3.05, 3.63) is 53.2 Å². The van der Waals surface area contributed by atoms with Gasteiger partial charge in [0.1, 0.15) is 11.9 Å². The first-order valence-corrected chi connectivity index (χ1v) is 9.43. The highest BCUT2D eigenvalue weighted by molar-refractivity contribution is 6.30. The summed E-state index contributed by atoms with van der Waals surface area (Å²) in [5.41, 5.74) is 8.31. The van der Waals surface area contributed by atoms with E-state index in [4.69, 9.17) is 16.3 Å². The zero-order valence-corrected chi connectivity index (χ0v) is 15.6. The van der Waals surface area contributed by atoms with E-state index in [1.807, 2.05) is 36.4 Å². The molecule has 0 spiro atoms. The molecule has 2 unspecified atom stereocenters. The molecular weight excluding hydrogens is 366 g/mol. The van der Waals surface area contributed by atoms with Gasteiger partial charge in [0.2, 0.25) is 5.91 Å². The molecule has 0 radical (unpaired) electrons. The van der Waals surface area contributed by atoms with Crippen LogP contribution in [-0.4, -0.2) is 43.2 Å². The van der Waals surface area contributed by atoms with Gasteiger partial charge in [0.05, 0.1) is 25.1 Å². The molecule has 27 heavy (non-hydrogen) atoms. The molecule has 2 saturated heterocycles. The van der Waals surface area contributed by atoms with E-state index in [0.29, 0.717) is 17.3 Å². The van der Waals surface area contributed by atoms with Crippen molar-refractivity contribution in [3.63, 3.8) is 0 Å². The third-order valence-corrected chi connectivity index (χ3v) is 5.08. The van der Waals surface area contributed by atoms with E-state index in [9.17, 15) is 4.79 Å². The van der Waals surface area contributed by atoms with Gasteiger partial charge in [-0.15, -0.1) is 0 Å². The molecule has 0 aliphatic carbocycles. The molecule has 0 saturated carbocycles. The number of halogens is 1. The highest BCUT2D eigenvalue weighted by Crippen LogP contribution is 2.25. The molecule has 8 heteroatoms. The lowest BCUT2D eigenvalue weighted by Gasteiger charge is -2.28. The number of rotatable bonds is 4. The van der Waals surface area contributed by atoms with Crippen LogP contribution in [0.2, 0.25) is 5.02 Å². The van der Waals surface area contributed by atoms with Gasteiger partial charge in [-0.3, -0.25) is 4.79 Å². The zero-order valence-electron chi connectivity index (χ0n) is 14.8. The summed E-state index contributed by atoms with van der Waals surface area (Å²) in [6.45, 7) is 3.17. The van der Waals surface area contributed by atoms with E-state index in [0.717, 1.165) is 37.6 Å². The van der Waals surface area contributed by atoms with Crippen LogP contribution in [0.3, 0.4) is 0 Å². The molecule has 0 bridgehead atoms. The van der Waals surface area contributed by atoms with Crippen molar-refractivity contribution < 1.29 is 9.53 Å². The summed E-state index contributed by atoms with van der Waals surface area (Å²) in [5.74, 6) is 0.434. The second-order valence-corrected chi connectivity index (χ2v) is 7.11. The van der Waals surface area contributed by atoms with Gasteiger partial charge in [-0.05, 0) is 36.2 Å². The summed E-state index contributed by atoms with van der Waals surface area (Å²) >= 11 is 6.05. The number of nitrogens with one attached hydrogen (secondary N) is 3. The van der Waals surface area contributed by atoms with Crippen molar-refractivity contribution in [1.29, 1.82) is 0 Å². The quantitative estimate of drug-likeness (QED) is 0.745. The van der Waals surface area contributed by atoms with Crippen molar-refractivity contribution in [2.45, 2.75) is 18.5 Å². The lowest BCUT2D eigenvalue weighted by molar-refractivity contribution is -0.117. The minimum atomic E-state index is -0.338. The van der Waals surface area contributed by atoms with Crippen LogP contribution in [0.1, 0.15) is 18.0 Å². The van der Waals surface area contributed by atoms with Crippen LogP contribution in [0.5, 0.6) is 0 Å². The number of hydrogen-bond donors (Lipinski definition) is 3. The van der Waals surface area contributed by atoms with Crippen molar-refractivity contribution >= 4 is 29.0 Å². The van der Waals surface area contributed by atoms with Crippen LogP contribution in [0.15, 0.2) is 42.6 Å². The minimum Gasteiger partial charge on any atom is -0.378 e. The van der Waals surface area contributed by atoms with Crippen molar-refractivity contribution in [2.75, 3.05) is 36.5 Å². The molecule has 2 atom stereocenters. The molecule has 3 heterocycles. The van der Waals surface area contributed by atoms with E-state index >= 15 is 0 Å². The van der Waals surface area contributed by atoms with E-state index in [2.05, 4.69) is 26.1 Å². The minimum absolute atomic E-state index is 0.0381. The molecular formula is C19H22ClN5O2. The first kappa shape index (κ1) is 18.2. The molecule has 7 nitrogen and oxygen atoms in total. The second-order valence-electron chi connectivity index (χ2n) is 6.67. The molecule has 2 aliphatic rings. The Hall–Kier alpha value is -2.19. The summed E-state index contributed by atoms with van der Waals surface area (Å²) < 4.78 is 5.36. The maximum Gasteiger partial charge on any atom is 0.244 e. The molecule has 4 rings (SSSR count). The Balaban J connectivity index is 1.34. The predicted octanol–water partition coefficient (Wildman–Crippen LogP) is 2.12. The standard InChI is InChI=1S/C19H22ClN5O2/c20-14-3-1-2-13(10-14)16-11-17(24-23-16)19(26)22-18-5-4-15(12-21-18)25-6-8-27-9-7-25/h1-5,10,12,16-17,23-24H,6-9,11H2,(H,21,22,26). The fraction of sp³-hybridized carbons (Fsp3) is 0.368. The maximum atomic E-state index is 12.5. The van der Waals surface area contributed by atoms with Crippen LogP contribution in [0, 0.1) is 0 Å². The van der Waals surface area contributed by atoms with E-state index < -0.39 is 0 Å². The number of amides is 1. The van der Waals surface area contributed by atoms with Crippen molar-refractivity contribution in [2.24, 2.45) is 0 Å². The van der Waals surface area contributed by atoms with Gasteiger partial charge in [-0.25, -0.2) is 15.8 Å². The summed E-state index contributed by atoms with van der Waals surface area (Å²) in [7, 11) is 0. The van der Waals surface area contributed by atoms with Crippen LogP contribution in [-0.2, 0) is 9.53 Å². The van der Waals surface area contributed by atoms with Crippen LogP contribution < -0.4 is 21.1 Å². The zero-order chi connectivity index (χ0) is 18.6. The SMILES string of the molecule is O=C(Nc1ccc(N2CCOCC2)cn1)C1CC(c2cccc(Cl)c2)NN1. The summed E-state index contributed by atoms with van der Waals surface area (Å²) in [5, 5.41) is 3.56. The number of anilines is 2. The molecule has 3 N–H and O–H groups in total. The summed E-state index contributed by atoms with van der Waals surface area (Å²) in [6.07, 6.45) is 2.42. The largest absolute Gasteiger partial charge is 0.378 e. The van der Waals surface area contributed by atoms with Crippen molar-refractivity contribution in [3.8, 4) is 0 Å². The Labute approximate surface area is 163 Å². The Morgan fingerprint density at radius 2 is 2.07 bits per heavy atom. The average molecular weight is 388 g/mol. The average Bonchev–Trinajstić information content (AvgIpc) is 3.20. The monoisotopic (exact) mass is 387 g/mol. The highest BCUT2D eigenvalue weighted by Gasteiger charge is 2.30. The third kappa shape index (κ3) is 4.39. The van der Waals surface area contributed by atoms with Crippen LogP contribution in [0.25, 0.3) is 0 Å². The van der Waals surface area contributed by atoms with Gasteiger partial charge in [-0.2, -0.15) is 0 Å². The Bertz CT molecular complexity index is 795. The third-order valence-electron chi connectivity index (χ3n) is 4.85. The number of benzene rings is 1. The fourth-order valence-corrected chi connectivity index (χ4v) is 3.55. The van der Waals surface area contributed by atoms with Gasteiger partial charge < -0.3 is 15.0 Å². The number of carbonyl (C=O) groups is 1.